The van der Waals surface area contributed by atoms with Crippen molar-refractivity contribution in [3.63, 3.8) is 0 Å². The molecule has 0 saturated heterocycles. The molecule has 0 aliphatic heterocycles. The quantitative estimate of drug-likeness (QED) is 0.822. The molecular weight excluding hydrogens is 212 g/mol. The Morgan fingerprint density at radius 1 is 1.56 bits per heavy atom. The van der Waals surface area contributed by atoms with Gasteiger partial charge in [0.25, 0.3) is 0 Å². The molecule has 0 aromatic carbocycles. The van der Waals surface area contributed by atoms with Gasteiger partial charge in [-0.25, -0.2) is 9.78 Å². The summed E-state index contributed by atoms with van der Waals surface area (Å²) in [6.45, 7) is 3.81. The summed E-state index contributed by atoms with van der Waals surface area (Å²) in [4.78, 5) is 26.2. The molecule has 2 rings (SSSR count). The lowest BCUT2D eigenvalue weighted by Gasteiger charge is -1.95. The van der Waals surface area contributed by atoms with Crippen LogP contribution in [0.2, 0.25) is 0 Å². The number of hydrogen-bond donors (Lipinski definition) is 1. The zero-order valence-electron chi connectivity index (χ0n) is 8.80. The minimum Gasteiger partial charge on any atom is -0.477 e. The van der Waals surface area contributed by atoms with Crippen LogP contribution >= 0.6 is 0 Å². The Balaban J connectivity index is 2.75. The summed E-state index contributed by atoms with van der Waals surface area (Å²) < 4.78 is 6.13. The van der Waals surface area contributed by atoms with E-state index >= 15 is 0 Å². The summed E-state index contributed by atoms with van der Waals surface area (Å²) >= 11 is 0. The lowest BCUT2D eigenvalue weighted by molar-refractivity contribution is 0.0693. The van der Waals surface area contributed by atoms with Crippen LogP contribution in [0.1, 0.15) is 35.9 Å². The lowest BCUT2D eigenvalue weighted by Crippen LogP contribution is -2.21. The number of fused-ring (bicyclic) bond motifs is 1. The highest BCUT2D eigenvalue weighted by Crippen LogP contribution is 2.16. The van der Waals surface area contributed by atoms with E-state index in [1.807, 2.05) is 13.8 Å². The highest BCUT2D eigenvalue weighted by atomic mass is 16.5. The zero-order valence-corrected chi connectivity index (χ0v) is 8.80. The third-order valence-electron chi connectivity index (χ3n) is 2.22. The largest absolute Gasteiger partial charge is 0.477 e. The van der Waals surface area contributed by atoms with E-state index in [4.69, 9.17) is 9.63 Å². The molecule has 0 atom stereocenters. The summed E-state index contributed by atoms with van der Waals surface area (Å²) in [5.74, 6) is -0.615. The molecule has 0 saturated carbocycles. The van der Waals surface area contributed by atoms with Crippen molar-refractivity contribution in [3.8, 4) is 0 Å². The molecule has 0 unspecified atom stereocenters. The average Bonchev–Trinajstić information content (AvgIpc) is 2.62. The van der Waals surface area contributed by atoms with Gasteiger partial charge < -0.3 is 9.63 Å². The van der Waals surface area contributed by atoms with E-state index < -0.39 is 17.1 Å². The van der Waals surface area contributed by atoms with Crippen LogP contribution < -0.4 is 5.56 Å². The second-order valence-electron chi connectivity index (χ2n) is 3.73. The minimum absolute atomic E-state index is 0.106. The van der Waals surface area contributed by atoms with Gasteiger partial charge in [0.1, 0.15) is 11.3 Å². The van der Waals surface area contributed by atoms with Crippen LogP contribution in [0.15, 0.2) is 21.6 Å². The van der Waals surface area contributed by atoms with Crippen LogP contribution in [0, 0.1) is 0 Å². The molecule has 1 N–H and O–H groups in total. The van der Waals surface area contributed by atoms with Crippen LogP contribution in [0.4, 0.5) is 0 Å². The maximum Gasteiger partial charge on any atom is 0.343 e. The number of aromatic nitrogens is 2. The Bertz CT molecular complexity index is 609. The molecule has 0 radical (unpaired) electrons. The molecule has 2 aromatic rings. The van der Waals surface area contributed by atoms with Gasteiger partial charge in [0.05, 0.1) is 0 Å². The Labute approximate surface area is 90.1 Å². The van der Waals surface area contributed by atoms with Crippen molar-refractivity contribution in [1.82, 2.24) is 9.56 Å². The predicted molar refractivity (Wildman–Crippen MR) is 54.8 cm³/mol. The molecule has 6 nitrogen and oxygen atoms in total. The predicted octanol–water partition coefficient (Wildman–Crippen LogP) is 1.11. The molecule has 2 aromatic heterocycles. The van der Waals surface area contributed by atoms with Crippen molar-refractivity contribution in [3.05, 3.63) is 33.9 Å². The Hall–Kier alpha value is -2.11. The van der Waals surface area contributed by atoms with E-state index in [1.165, 1.54) is 0 Å². The first-order valence-electron chi connectivity index (χ1n) is 4.76. The van der Waals surface area contributed by atoms with Crippen LogP contribution in [-0.2, 0) is 0 Å². The highest BCUT2D eigenvalue weighted by molar-refractivity contribution is 5.86. The van der Waals surface area contributed by atoms with Crippen molar-refractivity contribution in [1.29, 1.82) is 0 Å². The number of rotatable bonds is 2. The van der Waals surface area contributed by atoms with Crippen molar-refractivity contribution in [2.24, 2.45) is 0 Å². The molecule has 84 valence electrons. The first-order valence-corrected chi connectivity index (χ1v) is 4.76. The van der Waals surface area contributed by atoms with Gasteiger partial charge in [0.15, 0.2) is 5.65 Å². The van der Waals surface area contributed by atoms with E-state index in [1.54, 1.807) is 6.07 Å². The first kappa shape index (κ1) is 10.4. The SMILES string of the molecule is CC(C)c1cc2ncc(C(=O)O)c(=O)n2o1. The second kappa shape index (κ2) is 3.48. The van der Waals surface area contributed by atoms with Gasteiger partial charge in [-0.15, -0.1) is 4.57 Å². The summed E-state index contributed by atoms with van der Waals surface area (Å²) in [5.41, 5.74) is -0.787. The molecule has 0 amide bonds. The van der Waals surface area contributed by atoms with Gasteiger partial charge in [0, 0.05) is 18.2 Å². The summed E-state index contributed by atoms with van der Waals surface area (Å²) in [6, 6.07) is 1.62. The molecule has 0 aliphatic rings. The minimum atomic E-state index is -1.31. The second-order valence-corrected chi connectivity index (χ2v) is 3.73. The van der Waals surface area contributed by atoms with Crippen molar-refractivity contribution < 1.29 is 14.4 Å². The highest BCUT2D eigenvalue weighted by Gasteiger charge is 2.15. The Kier molecular flexibility index (Phi) is 2.26. The van der Waals surface area contributed by atoms with Crippen molar-refractivity contribution in [2.75, 3.05) is 0 Å². The van der Waals surface area contributed by atoms with E-state index in [0.717, 1.165) is 10.8 Å². The average molecular weight is 222 g/mol. The van der Waals surface area contributed by atoms with Crippen LogP contribution in [0.3, 0.4) is 0 Å². The third kappa shape index (κ3) is 1.48. The van der Waals surface area contributed by atoms with Gasteiger partial charge in [-0.2, -0.15) is 0 Å². The van der Waals surface area contributed by atoms with Gasteiger partial charge in [0.2, 0.25) is 0 Å². The van der Waals surface area contributed by atoms with Crippen molar-refractivity contribution in [2.45, 2.75) is 19.8 Å². The lowest BCUT2D eigenvalue weighted by atomic mass is 10.2. The Morgan fingerprint density at radius 3 is 2.81 bits per heavy atom. The summed E-state index contributed by atoms with van der Waals surface area (Å²) in [6.07, 6.45) is 1.04. The van der Waals surface area contributed by atoms with Gasteiger partial charge in [-0.3, -0.25) is 4.79 Å². The maximum absolute atomic E-state index is 11.7. The molecule has 6 heteroatoms. The molecule has 0 bridgehead atoms. The molecule has 0 fully saturated rings. The van der Waals surface area contributed by atoms with Crippen molar-refractivity contribution >= 4 is 11.6 Å². The van der Waals surface area contributed by atoms with Crippen LogP contribution in [0.25, 0.3) is 5.65 Å². The number of nitrogens with zero attached hydrogens (tertiary/aromatic N) is 2. The van der Waals surface area contributed by atoms with E-state index in [-0.39, 0.29) is 5.92 Å². The fourth-order valence-corrected chi connectivity index (χ4v) is 1.31. The first-order chi connectivity index (χ1) is 7.50. The Morgan fingerprint density at radius 2 is 2.25 bits per heavy atom. The standard InChI is InChI=1S/C10H10N2O4/c1-5(2)7-3-8-11-4-6(10(14)15)9(13)12(8)16-7/h3-5H,1-2H3,(H,14,15). The van der Waals surface area contributed by atoms with Gasteiger partial charge in [-0.1, -0.05) is 13.8 Å². The number of carbonyl (C=O) groups is 1. The number of aromatic carboxylic acids is 1. The zero-order chi connectivity index (χ0) is 11.9. The third-order valence-corrected chi connectivity index (χ3v) is 2.22. The summed E-state index contributed by atoms with van der Waals surface area (Å²) in [5, 5.41) is 8.75. The molecular formula is C10H10N2O4. The molecule has 2 heterocycles. The van der Waals surface area contributed by atoms with E-state index in [0.29, 0.717) is 11.4 Å². The topological polar surface area (TPSA) is 84.8 Å². The number of carboxylic acid groups (broad SMARTS) is 1. The number of carboxylic acids is 1. The molecule has 0 spiro atoms. The normalized spacial score (nSPS) is 11.2. The maximum atomic E-state index is 11.7. The fraction of sp³-hybridized carbons (Fsp3) is 0.300. The molecule has 0 aliphatic carbocycles. The van der Waals surface area contributed by atoms with E-state index in [2.05, 4.69) is 4.98 Å². The van der Waals surface area contributed by atoms with Gasteiger partial charge >= 0.3 is 11.5 Å². The van der Waals surface area contributed by atoms with Crippen LogP contribution in [-0.4, -0.2) is 20.6 Å². The van der Waals surface area contributed by atoms with Crippen LogP contribution in [0.5, 0.6) is 0 Å². The van der Waals surface area contributed by atoms with E-state index in [9.17, 15) is 9.59 Å². The fourth-order valence-electron chi connectivity index (χ4n) is 1.31. The monoisotopic (exact) mass is 222 g/mol. The smallest absolute Gasteiger partial charge is 0.343 e. The number of hydrogen-bond acceptors (Lipinski definition) is 4. The molecule has 16 heavy (non-hydrogen) atoms. The summed E-state index contributed by atoms with van der Waals surface area (Å²) in [7, 11) is 0. The van der Waals surface area contributed by atoms with Gasteiger partial charge in [-0.05, 0) is 0 Å².